The molecule has 6 heteroatoms. The lowest BCUT2D eigenvalue weighted by Crippen LogP contribution is -2.43. The molecule has 0 atom stereocenters. The summed E-state index contributed by atoms with van der Waals surface area (Å²) in [4.78, 5) is 0. The molecule has 0 heterocycles. The average molecular weight is 323 g/mol. The molecule has 0 unspecified atom stereocenters. The number of unbranched alkanes of at least 4 members (excludes halogenated alkanes) is 1. The summed E-state index contributed by atoms with van der Waals surface area (Å²) in [5, 5.41) is 3.31. The maximum Gasteiger partial charge on any atom is 0.214 e. The molecule has 0 fully saturated rings. The zero-order valence-electron chi connectivity index (χ0n) is 14.4. The highest BCUT2D eigenvalue weighted by Gasteiger charge is 2.27. The number of methoxy groups -OCH3 is 1. The Hall–Kier alpha value is -0.170. The Kier molecular flexibility index (Phi) is 11.3. The van der Waals surface area contributed by atoms with Gasteiger partial charge in [0.05, 0.1) is 12.4 Å². The second-order valence-corrected chi connectivity index (χ2v) is 7.75. The molecule has 0 aliphatic rings. The monoisotopic (exact) mass is 322 g/mol. The number of hydrogen-bond acceptors (Lipinski definition) is 4. The van der Waals surface area contributed by atoms with Crippen molar-refractivity contribution < 1.29 is 13.2 Å². The number of rotatable bonds is 13. The van der Waals surface area contributed by atoms with E-state index in [2.05, 4.69) is 19.2 Å². The zero-order chi connectivity index (χ0) is 16.3. The molecule has 5 nitrogen and oxygen atoms in total. The van der Waals surface area contributed by atoms with E-state index in [1.165, 1.54) is 0 Å². The van der Waals surface area contributed by atoms with E-state index in [1.807, 2.05) is 13.8 Å². The van der Waals surface area contributed by atoms with Gasteiger partial charge < -0.3 is 10.1 Å². The number of sulfonamides is 1. The largest absolute Gasteiger partial charge is 0.383 e. The van der Waals surface area contributed by atoms with Crippen LogP contribution >= 0.6 is 0 Å². The Morgan fingerprint density at radius 1 is 1.14 bits per heavy atom. The molecule has 0 rings (SSSR count). The van der Waals surface area contributed by atoms with E-state index in [4.69, 9.17) is 4.74 Å². The van der Waals surface area contributed by atoms with Crippen LogP contribution in [0.2, 0.25) is 0 Å². The standard InChI is InChI=1S/C15H34N2O3S/c1-6-15(7-2)17(11-12-20-5)21(18,19)13-9-8-10-16-14(3)4/h14-16H,6-13H2,1-5H3. The Labute approximate surface area is 131 Å². The maximum absolute atomic E-state index is 12.5. The minimum Gasteiger partial charge on any atom is -0.383 e. The Balaban J connectivity index is 4.48. The summed E-state index contributed by atoms with van der Waals surface area (Å²) in [6.07, 6.45) is 3.27. The fraction of sp³-hybridized carbons (Fsp3) is 1.00. The molecule has 0 bridgehead atoms. The lowest BCUT2D eigenvalue weighted by molar-refractivity contribution is 0.163. The predicted molar refractivity (Wildman–Crippen MR) is 89.1 cm³/mol. The number of hydrogen-bond donors (Lipinski definition) is 1. The van der Waals surface area contributed by atoms with Crippen molar-refractivity contribution in [2.24, 2.45) is 0 Å². The summed E-state index contributed by atoms with van der Waals surface area (Å²) in [6.45, 7) is 10.0. The molecular formula is C15H34N2O3S. The summed E-state index contributed by atoms with van der Waals surface area (Å²) in [5.74, 6) is 0.229. The quantitative estimate of drug-likeness (QED) is 0.528. The highest BCUT2D eigenvalue weighted by molar-refractivity contribution is 7.89. The van der Waals surface area contributed by atoms with Gasteiger partial charge in [0, 0.05) is 25.7 Å². The van der Waals surface area contributed by atoms with E-state index < -0.39 is 10.0 Å². The highest BCUT2D eigenvalue weighted by Crippen LogP contribution is 2.15. The first kappa shape index (κ1) is 20.8. The number of nitrogens with zero attached hydrogens (tertiary/aromatic N) is 1. The van der Waals surface area contributed by atoms with Crippen LogP contribution < -0.4 is 5.32 Å². The molecule has 0 saturated carbocycles. The molecule has 0 aliphatic heterocycles. The van der Waals surface area contributed by atoms with Crippen LogP contribution in [-0.4, -0.2) is 57.4 Å². The molecule has 0 spiro atoms. The SMILES string of the molecule is CCC(CC)N(CCOC)S(=O)(=O)CCCCNC(C)C. The van der Waals surface area contributed by atoms with Crippen molar-refractivity contribution in [3.05, 3.63) is 0 Å². The minimum atomic E-state index is -3.19. The first-order valence-electron chi connectivity index (χ1n) is 8.10. The lowest BCUT2D eigenvalue weighted by atomic mass is 10.2. The smallest absolute Gasteiger partial charge is 0.214 e. The summed E-state index contributed by atoms with van der Waals surface area (Å²) >= 11 is 0. The Morgan fingerprint density at radius 3 is 2.24 bits per heavy atom. The zero-order valence-corrected chi connectivity index (χ0v) is 15.2. The third kappa shape index (κ3) is 8.76. The molecule has 0 radical (unpaired) electrons. The molecule has 0 aliphatic carbocycles. The first-order valence-corrected chi connectivity index (χ1v) is 9.71. The second kappa shape index (κ2) is 11.4. The van der Waals surface area contributed by atoms with Crippen LogP contribution in [0.1, 0.15) is 53.4 Å². The van der Waals surface area contributed by atoms with E-state index in [9.17, 15) is 8.42 Å². The topological polar surface area (TPSA) is 58.6 Å². The van der Waals surface area contributed by atoms with Gasteiger partial charge in [0.15, 0.2) is 0 Å². The summed E-state index contributed by atoms with van der Waals surface area (Å²) in [7, 11) is -1.59. The van der Waals surface area contributed by atoms with Gasteiger partial charge in [-0.15, -0.1) is 0 Å². The van der Waals surface area contributed by atoms with Crippen LogP contribution in [0.5, 0.6) is 0 Å². The molecular weight excluding hydrogens is 288 g/mol. The van der Waals surface area contributed by atoms with E-state index >= 15 is 0 Å². The van der Waals surface area contributed by atoms with Crippen LogP contribution in [0.3, 0.4) is 0 Å². The number of nitrogens with one attached hydrogen (secondary N) is 1. The van der Waals surface area contributed by atoms with Gasteiger partial charge in [0.1, 0.15) is 0 Å². The normalized spacial score (nSPS) is 12.8. The molecule has 0 aromatic carbocycles. The van der Waals surface area contributed by atoms with E-state index in [0.717, 1.165) is 25.8 Å². The van der Waals surface area contributed by atoms with Crippen molar-refractivity contribution in [2.75, 3.05) is 32.6 Å². The van der Waals surface area contributed by atoms with Crippen LogP contribution in [0, 0.1) is 0 Å². The summed E-state index contributed by atoms with van der Waals surface area (Å²) in [6, 6.07) is 0.531. The van der Waals surface area contributed by atoms with E-state index in [1.54, 1.807) is 11.4 Å². The molecule has 0 aromatic rings. The molecule has 21 heavy (non-hydrogen) atoms. The minimum absolute atomic E-state index is 0.0824. The molecule has 1 N–H and O–H groups in total. The Bertz CT molecular complexity index is 341. The molecule has 0 amide bonds. The van der Waals surface area contributed by atoms with Gasteiger partial charge >= 0.3 is 0 Å². The second-order valence-electron chi connectivity index (χ2n) is 5.71. The van der Waals surface area contributed by atoms with Crippen molar-refractivity contribution in [3.63, 3.8) is 0 Å². The van der Waals surface area contributed by atoms with Crippen LogP contribution in [0.25, 0.3) is 0 Å². The molecule has 128 valence electrons. The van der Waals surface area contributed by atoms with Gasteiger partial charge in [-0.1, -0.05) is 27.7 Å². The lowest BCUT2D eigenvalue weighted by Gasteiger charge is -2.29. The van der Waals surface area contributed by atoms with Gasteiger partial charge in [-0.2, -0.15) is 4.31 Å². The van der Waals surface area contributed by atoms with E-state index in [-0.39, 0.29) is 11.8 Å². The van der Waals surface area contributed by atoms with Crippen molar-refractivity contribution in [1.29, 1.82) is 0 Å². The van der Waals surface area contributed by atoms with Crippen molar-refractivity contribution >= 4 is 10.0 Å². The first-order chi connectivity index (χ1) is 9.88. The van der Waals surface area contributed by atoms with Crippen molar-refractivity contribution in [3.8, 4) is 0 Å². The van der Waals surface area contributed by atoms with Gasteiger partial charge in [0.2, 0.25) is 10.0 Å². The highest BCUT2D eigenvalue weighted by atomic mass is 32.2. The maximum atomic E-state index is 12.5. The Morgan fingerprint density at radius 2 is 1.76 bits per heavy atom. The fourth-order valence-electron chi connectivity index (χ4n) is 2.34. The van der Waals surface area contributed by atoms with E-state index in [0.29, 0.717) is 25.6 Å². The number of ether oxygens (including phenoxy) is 1. The molecule has 0 aromatic heterocycles. The average Bonchev–Trinajstić information content (AvgIpc) is 2.42. The fourth-order valence-corrected chi connectivity index (χ4v) is 4.25. The third-order valence-electron chi connectivity index (χ3n) is 3.60. The van der Waals surface area contributed by atoms with Crippen molar-refractivity contribution in [2.45, 2.75) is 65.5 Å². The predicted octanol–water partition coefficient (Wildman–Crippen LogP) is 2.23. The van der Waals surface area contributed by atoms with Gasteiger partial charge in [-0.3, -0.25) is 0 Å². The summed E-state index contributed by atoms with van der Waals surface area (Å²) in [5.41, 5.74) is 0. The van der Waals surface area contributed by atoms with Crippen LogP contribution in [-0.2, 0) is 14.8 Å². The summed E-state index contributed by atoms with van der Waals surface area (Å²) < 4.78 is 31.8. The van der Waals surface area contributed by atoms with Crippen LogP contribution in [0.15, 0.2) is 0 Å². The molecule has 0 saturated heterocycles. The van der Waals surface area contributed by atoms with Gasteiger partial charge in [-0.05, 0) is 32.2 Å². The third-order valence-corrected chi connectivity index (χ3v) is 5.60. The van der Waals surface area contributed by atoms with Gasteiger partial charge in [-0.25, -0.2) is 8.42 Å². The van der Waals surface area contributed by atoms with Gasteiger partial charge in [0.25, 0.3) is 0 Å². The van der Waals surface area contributed by atoms with Crippen LogP contribution in [0.4, 0.5) is 0 Å². The van der Waals surface area contributed by atoms with Crippen molar-refractivity contribution in [1.82, 2.24) is 9.62 Å².